The summed E-state index contributed by atoms with van der Waals surface area (Å²) in [6.45, 7) is 9.05. The smallest absolute Gasteiger partial charge is 0.250 e. The third kappa shape index (κ3) is 3.54. The van der Waals surface area contributed by atoms with Gasteiger partial charge >= 0.3 is 0 Å². The van der Waals surface area contributed by atoms with Crippen LogP contribution in [0.4, 0.5) is 5.95 Å². The molecule has 6 nitrogen and oxygen atoms in total. The van der Waals surface area contributed by atoms with Gasteiger partial charge in [0.2, 0.25) is 5.95 Å². The number of para-hydroxylation sites is 1. The van der Waals surface area contributed by atoms with Crippen LogP contribution in [-0.4, -0.2) is 45.9 Å². The number of rotatable bonds is 7. The molecular formula is C14H22N6. The summed E-state index contributed by atoms with van der Waals surface area (Å²) < 4.78 is 1.78. The molecule has 0 amide bonds. The zero-order chi connectivity index (χ0) is 14.4. The fraction of sp³-hybridized carbons (Fsp3) is 0.500. The van der Waals surface area contributed by atoms with E-state index in [1.807, 2.05) is 30.3 Å². The summed E-state index contributed by atoms with van der Waals surface area (Å²) in [5.41, 5.74) is 0.975. The van der Waals surface area contributed by atoms with E-state index >= 15 is 0 Å². The molecule has 20 heavy (non-hydrogen) atoms. The van der Waals surface area contributed by atoms with Crippen molar-refractivity contribution in [2.75, 3.05) is 24.5 Å². The standard InChI is InChI=1S/C14H22N6/c1-4-19(11-10-15-12(2)3)14-16-17-18-20(14)13-8-6-5-7-9-13/h5-9,12,15H,4,10-11H2,1-3H3. The highest BCUT2D eigenvalue weighted by atomic mass is 15.6. The van der Waals surface area contributed by atoms with Gasteiger partial charge in [-0.1, -0.05) is 37.1 Å². The van der Waals surface area contributed by atoms with Gasteiger partial charge in [-0.05, 0) is 29.5 Å². The first-order valence-corrected chi connectivity index (χ1v) is 7.04. The largest absolute Gasteiger partial charge is 0.338 e. The molecule has 0 atom stereocenters. The lowest BCUT2D eigenvalue weighted by Gasteiger charge is -2.22. The molecule has 0 radical (unpaired) electrons. The van der Waals surface area contributed by atoms with E-state index in [2.05, 4.69) is 46.5 Å². The Labute approximate surface area is 119 Å². The summed E-state index contributed by atoms with van der Waals surface area (Å²) in [5.74, 6) is 0.782. The first-order valence-electron chi connectivity index (χ1n) is 7.04. The third-order valence-corrected chi connectivity index (χ3v) is 3.05. The summed E-state index contributed by atoms with van der Waals surface area (Å²) in [6.07, 6.45) is 0. The van der Waals surface area contributed by atoms with Crippen molar-refractivity contribution in [1.29, 1.82) is 0 Å². The Morgan fingerprint density at radius 2 is 2.00 bits per heavy atom. The number of aromatic nitrogens is 4. The van der Waals surface area contributed by atoms with Crippen molar-refractivity contribution in [2.45, 2.75) is 26.8 Å². The Hall–Kier alpha value is -1.95. The van der Waals surface area contributed by atoms with E-state index in [-0.39, 0.29) is 0 Å². The first kappa shape index (κ1) is 14.5. The summed E-state index contributed by atoms with van der Waals surface area (Å²) in [4.78, 5) is 2.17. The van der Waals surface area contributed by atoms with Crippen LogP contribution in [0.2, 0.25) is 0 Å². The van der Waals surface area contributed by atoms with Crippen LogP contribution in [0.5, 0.6) is 0 Å². The molecule has 108 valence electrons. The van der Waals surface area contributed by atoms with Crippen LogP contribution in [0.1, 0.15) is 20.8 Å². The predicted octanol–water partition coefficient (Wildman–Crippen LogP) is 1.49. The molecule has 1 aromatic heterocycles. The number of hydrogen-bond acceptors (Lipinski definition) is 5. The van der Waals surface area contributed by atoms with Crippen LogP contribution in [0, 0.1) is 0 Å². The van der Waals surface area contributed by atoms with E-state index in [0.717, 1.165) is 31.3 Å². The van der Waals surface area contributed by atoms with Gasteiger partial charge in [-0.3, -0.25) is 0 Å². The Balaban J connectivity index is 2.13. The van der Waals surface area contributed by atoms with Crippen LogP contribution in [0.15, 0.2) is 30.3 Å². The van der Waals surface area contributed by atoms with E-state index in [4.69, 9.17) is 0 Å². The van der Waals surface area contributed by atoms with Crippen LogP contribution in [-0.2, 0) is 0 Å². The van der Waals surface area contributed by atoms with Crippen LogP contribution in [0.3, 0.4) is 0 Å². The van der Waals surface area contributed by atoms with E-state index in [1.165, 1.54) is 0 Å². The Morgan fingerprint density at radius 3 is 2.65 bits per heavy atom. The SMILES string of the molecule is CCN(CCNC(C)C)c1nnnn1-c1ccccc1. The summed E-state index contributed by atoms with van der Waals surface area (Å²) in [6, 6.07) is 10.4. The monoisotopic (exact) mass is 274 g/mol. The van der Waals surface area contributed by atoms with Gasteiger partial charge in [-0.2, -0.15) is 4.68 Å². The molecule has 0 fully saturated rings. The first-order chi connectivity index (χ1) is 9.72. The van der Waals surface area contributed by atoms with Crippen molar-refractivity contribution in [3.63, 3.8) is 0 Å². The number of tetrazole rings is 1. The number of nitrogens with zero attached hydrogens (tertiary/aromatic N) is 5. The minimum atomic E-state index is 0.485. The number of hydrogen-bond donors (Lipinski definition) is 1. The Morgan fingerprint density at radius 1 is 1.25 bits per heavy atom. The second-order valence-corrected chi connectivity index (χ2v) is 4.91. The topological polar surface area (TPSA) is 58.9 Å². The molecule has 1 N–H and O–H groups in total. The molecule has 0 aliphatic rings. The lowest BCUT2D eigenvalue weighted by atomic mass is 10.3. The number of benzene rings is 1. The van der Waals surface area contributed by atoms with Gasteiger partial charge in [-0.15, -0.1) is 0 Å². The van der Waals surface area contributed by atoms with Crippen molar-refractivity contribution >= 4 is 5.95 Å². The molecule has 0 aliphatic heterocycles. The average molecular weight is 274 g/mol. The number of anilines is 1. The van der Waals surface area contributed by atoms with Crippen LogP contribution in [0.25, 0.3) is 5.69 Å². The molecule has 2 aromatic rings. The van der Waals surface area contributed by atoms with Gasteiger partial charge in [0.1, 0.15) is 0 Å². The summed E-state index contributed by atoms with van der Waals surface area (Å²) in [7, 11) is 0. The van der Waals surface area contributed by atoms with E-state index < -0.39 is 0 Å². The number of nitrogens with one attached hydrogen (secondary N) is 1. The van der Waals surface area contributed by atoms with E-state index in [1.54, 1.807) is 4.68 Å². The summed E-state index contributed by atoms with van der Waals surface area (Å²) >= 11 is 0. The maximum atomic E-state index is 4.16. The highest BCUT2D eigenvalue weighted by molar-refractivity contribution is 5.40. The summed E-state index contributed by atoms with van der Waals surface area (Å²) in [5, 5.41) is 15.5. The lowest BCUT2D eigenvalue weighted by molar-refractivity contribution is 0.579. The van der Waals surface area contributed by atoms with Crippen LogP contribution < -0.4 is 10.2 Å². The van der Waals surface area contributed by atoms with Gasteiger partial charge in [0.15, 0.2) is 0 Å². The van der Waals surface area contributed by atoms with Crippen molar-refractivity contribution in [2.24, 2.45) is 0 Å². The van der Waals surface area contributed by atoms with Crippen molar-refractivity contribution in [1.82, 2.24) is 25.5 Å². The lowest BCUT2D eigenvalue weighted by Crippen LogP contribution is -2.36. The molecule has 0 unspecified atom stereocenters. The zero-order valence-electron chi connectivity index (χ0n) is 12.3. The second-order valence-electron chi connectivity index (χ2n) is 4.91. The predicted molar refractivity (Wildman–Crippen MR) is 80.2 cm³/mol. The quantitative estimate of drug-likeness (QED) is 0.829. The van der Waals surface area contributed by atoms with Gasteiger partial charge in [0.05, 0.1) is 5.69 Å². The maximum Gasteiger partial charge on any atom is 0.250 e. The fourth-order valence-corrected chi connectivity index (χ4v) is 2.00. The molecule has 0 aliphatic carbocycles. The molecule has 6 heteroatoms. The minimum absolute atomic E-state index is 0.485. The molecule has 1 heterocycles. The van der Waals surface area contributed by atoms with Crippen molar-refractivity contribution in [3.8, 4) is 5.69 Å². The van der Waals surface area contributed by atoms with Gasteiger partial charge in [-0.25, -0.2) is 0 Å². The molecule has 0 saturated heterocycles. The van der Waals surface area contributed by atoms with Crippen LogP contribution >= 0.6 is 0 Å². The Bertz CT molecular complexity index is 507. The third-order valence-electron chi connectivity index (χ3n) is 3.05. The molecule has 0 spiro atoms. The normalized spacial score (nSPS) is 11.0. The molecule has 1 aromatic carbocycles. The van der Waals surface area contributed by atoms with E-state index in [0.29, 0.717) is 6.04 Å². The molecular weight excluding hydrogens is 252 g/mol. The van der Waals surface area contributed by atoms with E-state index in [9.17, 15) is 0 Å². The van der Waals surface area contributed by atoms with Gasteiger partial charge < -0.3 is 10.2 Å². The maximum absolute atomic E-state index is 4.16. The highest BCUT2D eigenvalue weighted by Crippen LogP contribution is 2.14. The number of likely N-dealkylation sites (N-methyl/N-ethyl adjacent to an activating group) is 1. The zero-order valence-corrected chi connectivity index (χ0v) is 12.3. The fourth-order valence-electron chi connectivity index (χ4n) is 2.00. The van der Waals surface area contributed by atoms with Gasteiger partial charge in [0.25, 0.3) is 0 Å². The molecule has 0 saturated carbocycles. The second kappa shape index (κ2) is 7.00. The Kier molecular flexibility index (Phi) is 5.06. The van der Waals surface area contributed by atoms with Crippen molar-refractivity contribution < 1.29 is 0 Å². The highest BCUT2D eigenvalue weighted by Gasteiger charge is 2.14. The average Bonchev–Trinajstić information content (AvgIpc) is 2.93. The van der Waals surface area contributed by atoms with Crippen molar-refractivity contribution in [3.05, 3.63) is 30.3 Å². The molecule has 0 bridgehead atoms. The molecule has 2 rings (SSSR count). The van der Waals surface area contributed by atoms with Gasteiger partial charge in [0, 0.05) is 25.7 Å². The minimum Gasteiger partial charge on any atom is -0.338 e.